The van der Waals surface area contributed by atoms with Crippen molar-refractivity contribution in [1.29, 1.82) is 0 Å². The molecule has 11 heteroatoms. The van der Waals surface area contributed by atoms with Crippen LogP contribution >= 0.6 is 27.3 Å². The number of carbonyl (C=O) groups excluding carboxylic acids is 2. The molecule has 0 atom stereocenters. The number of carbonyl (C=O) groups is 2. The minimum absolute atomic E-state index is 0.302. The van der Waals surface area contributed by atoms with Crippen molar-refractivity contribution in [2.45, 2.75) is 39.3 Å². The highest BCUT2D eigenvalue weighted by atomic mass is 79.9. The zero-order chi connectivity index (χ0) is 26.9. The molecule has 0 saturated heterocycles. The Hall–Kier alpha value is -3.70. The first-order valence-electron chi connectivity index (χ1n) is 12.1. The average molecular weight is 596 g/mol. The van der Waals surface area contributed by atoms with Crippen LogP contribution in [0.4, 0.5) is 32.5 Å². The Balaban J connectivity index is 1.27. The Kier molecular flexibility index (Phi) is 7.22. The van der Waals surface area contributed by atoms with Crippen molar-refractivity contribution < 1.29 is 14.3 Å². The van der Waals surface area contributed by atoms with Gasteiger partial charge < -0.3 is 25.6 Å². The maximum atomic E-state index is 12.6. The number of aromatic nitrogens is 2. The molecular weight excluding hydrogens is 568 g/mol. The molecule has 2 aromatic carbocycles. The second-order valence-corrected chi connectivity index (χ2v) is 11.8. The number of benzene rings is 2. The Morgan fingerprint density at radius 3 is 2.26 bits per heavy atom. The molecule has 0 radical (unpaired) electrons. The molecule has 0 unspecified atom stereocenters. The number of nitrogens with zero attached hydrogens (tertiary/aromatic N) is 3. The van der Waals surface area contributed by atoms with E-state index < -0.39 is 5.60 Å². The van der Waals surface area contributed by atoms with Gasteiger partial charge in [0.2, 0.25) is 0 Å². The van der Waals surface area contributed by atoms with E-state index >= 15 is 0 Å². The van der Waals surface area contributed by atoms with E-state index in [9.17, 15) is 9.59 Å². The highest BCUT2D eigenvalue weighted by molar-refractivity contribution is 9.10. The summed E-state index contributed by atoms with van der Waals surface area (Å²) in [5.41, 5.74) is 2.82. The van der Waals surface area contributed by atoms with Crippen LogP contribution in [0.5, 0.6) is 0 Å². The summed E-state index contributed by atoms with van der Waals surface area (Å²) < 4.78 is 6.50. The molecule has 3 heterocycles. The summed E-state index contributed by atoms with van der Waals surface area (Å²) in [7, 11) is 0. The van der Waals surface area contributed by atoms with Gasteiger partial charge in [0.15, 0.2) is 0 Å². The average Bonchev–Trinajstić information content (AvgIpc) is 3.24. The number of ether oxygens (including phenoxy) is 1. The van der Waals surface area contributed by atoms with E-state index in [1.807, 2.05) is 69.3 Å². The fraction of sp³-hybridized carbons (Fsp3) is 0.259. The fourth-order valence-electron chi connectivity index (χ4n) is 4.11. The Bertz CT molecular complexity index is 1480. The monoisotopic (exact) mass is 594 g/mol. The largest absolute Gasteiger partial charge is 0.444 e. The molecule has 38 heavy (non-hydrogen) atoms. The first kappa shape index (κ1) is 25.9. The minimum Gasteiger partial charge on any atom is -0.444 e. The van der Waals surface area contributed by atoms with Crippen LogP contribution in [0, 0.1) is 0 Å². The number of hydrogen-bond donors (Lipinski definition) is 3. The summed E-state index contributed by atoms with van der Waals surface area (Å²) >= 11 is 4.96. The number of halogens is 1. The van der Waals surface area contributed by atoms with Gasteiger partial charge in [-0.15, -0.1) is 11.3 Å². The Labute approximate surface area is 232 Å². The van der Waals surface area contributed by atoms with Crippen molar-refractivity contribution in [3.8, 4) is 0 Å². The maximum absolute atomic E-state index is 12.6. The molecule has 0 aliphatic carbocycles. The predicted molar refractivity (Wildman–Crippen MR) is 154 cm³/mol. The van der Waals surface area contributed by atoms with Crippen LogP contribution in [0.15, 0.2) is 59.3 Å². The van der Waals surface area contributed by atoms with Crippen molar-refractivity contribution in [1.82, 2.24) is 14.9 Å². The Morgan fingerprint density at radius 2 is 1.61 bits per heavy atom. The van der Waals surface area contributed by atoms with Gasteiger partial charge in [-0.05, 0) is 81.3 Å². The van der Waals surface area contributed by atoms with Crippen molar-refractivity contribution >= 4 is 72.5 Å². The smallest absolute Gasteiger partial charge is 0.410 e. The fourth-order valence-corrected chi connectivity index (χ4v) is 5.57. The van der Waals surface area contributed by atoms with Crippen LogP contribution in [0.1, 0.15) is 31.2 Å². The molecule has 0 fully saturated rings. The summed E-state index contributed by atoms with van der Waals surface area (Å²) in [5, 5.41) is 10.0. The topological polar surface area (TPSA) is 108 Å². The quantitative estimate of drug-likeness (QED) is 0.232. The van der Waals surface area contributed by atoms with E-state index in [1.165, 1.54) is 0 Å². The number of anilines is 4. The van der Waals surface area contributed by atoms with Crippen LogP contribution in [-0.2, 0) is 17.7 Å². The van der Waals surface area contributed by atoms with E-state index in [-0.39, 0.29) is 12.1 Å². The molecule has 196 valence electrons. The standard InChI is InChI=1S/C27H27BrN6O3S/c1-27(2,3)37-26(36)34-13-12-20-21(14-34)38-24-22(20)23(29-15-30-24)31-17-8-10-19(11-9-17)33-25(35)32-18-6-4-16(28)5-7-18/h4-11,15H,12-14H2,1-3H3,(H,29,30,31)(H2,32,33,35). The number of thiophene rings is 1. The van der Waals surface area contributed by atoms with Gasteiger partial charge in [-0.2, -0.15) is 0 Å². The SMILES string of the molecule is CC(C)(C)OC(=O)N1CCc2c(sc3ncnc(Nc4ccc(NC(=O)Nc5ccc(Br)cc5)cc4)c23)C1. The van der Waals surface area contributed by atoms with Gasteiger partial charge in [0.1, 0.15) is 22.6 Å². The van der Waals surface area contributed by atoms with Crippen LogP contribution in [0.3, 0.4) is 0 Å². The predicted octanol–water partition coefficient (Wildman–Crippen LogP) is 7.13. The van der Waals surface area contributed by atoms with Crippen molar-refractivity contribution in [2.24, 2.45) is 0 Å². The van der Waals surface area contributed by atoms with Crippen LogP contribution in [0.25, 0.3) is 10.2 Å². The van der Waals surface area contributed by atoms with Gasteiger partial charge in [0.05, 0.1) is 11.9 Å². The van der Waals surface area contributed by atoms with Gasteiger partial charge in [-0.3, -0.25) is 0 Å². The van der Waals surface area contributed by atoms with Gasteiger partial charge in [0.25, 0.3) is 0 Å². The summed E-state index contributed by atoms with van der Waals surface area (Å²) in [4.78, 5) is 37.6. The molecule has 5 rings (SSSR count). The number of urea groups is 1. The summed E-state index contributed by atoms with van der Waals surface area (Å²) in [6.45, 7) is 6.68. The zero-order valence-corrected chi connectivity index (χ0v) is 23.6. The number of nitrogens with one attached hydrogen (secondary N) is 3. The molecule has 1 aliphatic heterocycles. The first-order chi connectivity index (χ1) is 18.1. The lowest BCUT2D eigenvalue weighted by molar-refractivity contribution is 0.0227. The number of hydrogen-bond acceptors (Lipinski definition) is 7. The van der Waals surface area contributed by atoms with E-state index in [2.05, 4.69) is 41.8 Å². The molecule has 0 spiro atoms. The zero-order valence-electron chi connectivity index (χ0n) is 21.2. The lowest BCUT2D eigenvalue weighted by Gasteiger charge is -2.30. The van der Waals surface area contributed by atoms with Crippen molar-refractivity contribution in [3.05, 3.63) is 69.8 Å². The van der Waals surface area contributed by atoms with Crippen LogP contribution < -0.4 is 16.0 Å². The van der Waals surface area contributed by atoms with Crippen molar-refractivity contribution in [3.63, 3.8) is 0 Å². The molecule has 4 aromatic rings. The number of rotatable bonds is 4. The third-order valence-corrected chi connectivity index (χ3v) is 7.45. The third kappa shape index (κ3) is 6.05. The lowest BCUT2D eigenvalue weighted by atomic mass is 10.1. The maximum Gasteiger partial charge on any atom is 0.410 e. The van der Waals surface area contributed by atoms with E-state index in [0.29, 0.717) is 36.7 Å². The molecule has 1 aliphatic rings. The van der Waals surface area contributed by atoms with E-state index in [0.717, 1.165) is 30.8 Å². The molecule has 2 aromatic heterocycles. The highest BCUT2D eigenvalue weighted by Crippen LogP contribution is 2.38. The van der Waals surface area contributed by atoms with Gasteiger partial charge in [-0.25, -0.2) is 19.6 Å². The van der Waals surface area contributed by atoms with Crippen molar-refractivity contribution in [2.75, 3.05) is 22.5 Å². The second kappa shape index (κ2) is 10.6. The highest BCUT2D eigenvalue weighted by Gasteiger charge is 2.29. The summed E-state index contributed by atoms with van der Waals surface area (Å²) in [5.74, 6) is 0.715. The number of amides is 3. The van der Waals surface area contributed by atoms with E-state index in [4.69, 9.17) is 4.74 Å². The summed E-state index contributed by atoms with van der Waals surface area (Å²) in [6.07, 6.45) is 1.94. The third-order valence-electron chi connectivity index (χ3n) is 5.80. The Morgan fingerprint density at radius 1 is 0.974 bits per heavy atom. The van der Waals surface area contributed by atoms with Crippen LogP contribution in [-0.4, -0.2) is 39.1 Å². The molecule has 3 N–H and O–H groups in total. The van der Waals surface area contributed by atoms with E-state index in [1.54, 1.807) is 22.6 Å². The van der Waals surface area contributed by atoms with Crippen LogP contribution in [0.2, 0.25) is 0 Å². The second-order valence-electron chi connectivity index (χ2n) is 9.85. The van der Waals surface area contributed by atoms with Gasteiger partial charge in [-0.1, -0.05) is 15.9 Å². The molecule has 9 nitrogen and oxygen atoms in total. The normalized spacial score (nSPS) is 13.1. The molecule has 0 bridgehead atoms. The minimum atomic E-state index is -0.533. The lowest BCUT2D eigenvalue weighted by Crippen LogP contribution is -2.39. The summed E-state index contributed by atoms with van der Waals surface area (Å²) in [6, 6.07) is 14.4. The van der Waals surface area contributed by atoms with Gasteiger partial charge >= 0.3 is 12.1 Å². The molecule has 3 amide bonds. The van der Waals surface area contributed by atoms with Gasteiger partial charge in [0, 0.05) is 33.0 Å². The molecule has 0 saturated carbocycles. The first-order valence-corrected chi connectivity index (χ1v) is 13.7. The number of fused-ring (bicyclic) bond motifs is 3. The molecular formula is C27H27BrN6O3S.